The van der Waals surface area contributed by atoms with Crippen LogP contribution < -0.4 is 21.0 Å². The molecule has 0 aliphatic carbocycles. The summed E-state index contributed by atoms with van der Waals surface area (Å²) in [5.41, 5.74) is 0. The lowest BCUT2D eigenvalue weighted by Crippen LogP contribution is -2.33. The molecule has 0 atom stereocenters. The minimum absolute atomic E-state index is 0.417. The van der Waals surface area contributed by atoms with Crippen molar-refractivity contribution in [3.63, 3.8) is 0 Å². The molecule has 5 heteroatoms. The maximum atomic E-state index is 11.6. The standard InChI is InChI=1S/C20H18OP.C2H3ClO2/c21-16-17-22(18-10-4-1-5-11-18,19-12-6-2-7-13-19)20-14-8-3-9-15-20;3-1-2(4)5/h1-16H,17H2;1H2,(H,4,5)/q+1;/p-1. The van der Waals surface area contributed by atoms with Crippen LogP contribution in [-0.4, -0.2) is 24.3 Å². The normalized spacial score (nSPS) is 10.4. The molecule has 0 unspecified atom stereocenters. The van der Waals surface area contributed by atoms with Gasteiger partial charge in [0.2, 0.25) is 0 Å². The van der Waals surface area contributed by atoms with Crippen LogP contribution in [0, 0.1) is 0 Å². The van der Waals surface area contributed by atoms with E-state index in [2.05, 4.69) is 84.4 Å². The van der Waals surface area contributed by atoms with Crippen LogP contribution in [0.15, 0.2) is 91.0 Å². The van der Waals surface area contributed by atoms with Crippen molar-refractivity contribution in [2.75, 3.05) is 12.0 Å². The van der Waals surface area contributed by atoms with Crippen LogP contribution in [0.1, 0.15) is 0 Å². The topological polar surface area (TPSA) is 57.2 Å². The number of alkyl halides is 1. The zero-order valence-corrected chi connectivity index (χ0v) is 16.4. The third kappa shape index (κ3) is 5.26. The Labute approximate surface area is 165 Å². The highest BCUT2D eigenvalue weighted by Gasteiger charge is 2.44. The Kier molecular flexibility index (Phi) is 8.19. The van der Waals surface area contributed by atoms with E-state index >= 15 is 0 Å². The Hall–Kier alpha value is -2.48. The van der Waals surface area contributed by atoms with Crippen LogP contribution in [0.5, 0.6) is 0 Å². The van der Waals surface area contributed by atoms with E-state index in [1.165, 1.54) is 15.9 Å². The van der Waals surface area contributed by atoms with Gasteiger partial charge in [-0.1, -0.05) is 54.6 Å². The second-order valence-electron chi connectivity index (χ2n) is 5.67. The fourth-order valence-electron chi connectivity index (χ4n) is 2.92. The summed E-state index contributed by atoms with van der Waals surface area (Å²) < 4.78 is 0. The van der Waals surface area contributed by atoms with E-state index in [1.54, 1.807) is 0 Å². The first-order chi connectivity index (χ1) is 13.1. The molecule has 0 saturated carbocycles. The smallest absolute Gasteiger partial charge is 0.158 e. The number of rotatable bonds is 6. The van der Waals surface area contributed by atoms with Gasteiger partial charge >= 0.3 is 0 Å². The Morgan fingerprint density at radius 1 is 0.778 bits per heavy atom. The number of benzene rings is 3. The van der Waals surface area contributed by atoms with Crippen LogP contribution in [0.3, 0.4) is 0 Å². The van der Waals surface area contributed by atoms with Crippen LogP contribution >= 0.6 is 18.9 Å². The van der Waals surface area contributed by atoms with E-state index in [0.717, 1.165) is 6.29 Å². The summed E-state index contributed by atoms with van der Waals surface area (Å²) in [6.07, 6.45) is 1.60. The monoisotopic (exact) mass is 398 g/mol. The first kappa shape index (κ1) is 20.8. The molecule has 27 heavy (non-hydrogen) atoms. The average molecular weight is 399 g/mol. The van der Waals surface area contributed by atoms with Crippen molar-refractivity contribution in [3.8, 4) is 0 Å². The molecular formula is C22H20ClO3P. The number of carbonyl (C=O) groups excluding carboxylic acids is 2. The fourth-order valence-corrected chi connectivity index (χ4v) is 6.72. The van der Waals surface area contributed by atoms with Crippen molar-refractivity contribution in [1.29, 1.82) is 0 Å². The maximum absolute atomic E-state index is 11.6. The molecule has 3 rings (SSSR count). The molecular weight excluding hydrogens is 379 g/mol. The lowest BCUT2D eigenvalue weighted by Gasteiger charge is -2.25. The number of hydrogen-bond donors (Lipinski definition) is 0. The van der Waals surface area contributed by atoms with Gasteiger partial charge in [-0.2, -0.15) is 0 Å². The lowest BCUT2D eigenvalue weighted by molar-refractivity contribution is -0.301. The molecule has 0 fully saturated rings. The van der Waals surface area contributed by atoms with Gasteiger partial charge in [0, 0.05) is 0 Å². The van der Waals surface area contributed by atoms with E-state index in [4.69, 9.17) is 9.90 Å². The third-order valence-electron chi connectivity index (χ3n) is 4.05. The zero-order chi connectivity index (χ0) is 19.5. The number of aliphatic carboxylic acids is 1. The minimum atomic E-state index is -1.92. The first-order valence-corrected chi connectivity index (χ1v) is 10.9. The summed E-state index contributed by atoms with van der Waals surface area (Å²) in [5, 5.41) is 12.9. The second-order valence-corrected chi connectivity index (χ2v) is 9.47. The number of carboxylic acids is 1. The van der Waals surface area contributed by atoms with Crippen molar-refractivity contribution in [1.82, 2.24) is 0 Å². The highest BCUT2D eigenvalue weighted by molar-refractivity contribution is 7.96. The Morgan fingerprint density at radius 3 is 1.30 bits per heavy atom. The third-order valence-corrected chi connectivity index (χ3v) is 8.50. The summed E-state index contributed by atoms with van der Waals surface area (Å²) in [7, 11) is -1.92. The van der Waals surface area contributed by atoms with E-state index < -0.39 is 19.1 Å². The fraction of sp³-hybridized carbons (Fsp3) is 0.0909. The van der Waals surface area contributed by atoms with Gasteiger partial charge in [0.1, 0.15) is 29.3 Å². The van der Waals surface area contributed by atoms with Gasteiger partial charge in [0.25, 0.3) is 0 Å². The first-order valence-electron chi connectivity index (χ1n) is 8.39. The van der Waals surface area contributed by atoms with Crippen molar-refractivity contribution in [2.24, 2.45) is 0 Å². The lowest BCUT2D eigenvalue weighted by atomic mass is 10.4. The van der Waals surface area contributed by atoms with Crippen LogP contribution in [0.25, 0.3) is 0 Å². The summed E-state index contributed by atoms with van der Waals surface area (Å²) in [4.78, 5) is 20.7. The molecule has 0 spiro atoms. The molecule has 3 aromatic rings. The van der Waals surface area contributed by atoms with Gasteiger partial charge in [-0.05, 0) is 36.4 Å². The highest BCUT2D eigenvalue weighted by atomic mass is 35.5. The summed E-state index contributed by atoms with van der Waals surface area (Å²) in [6, 6.07) is 31.3. The number of hydrogen-bond acceptors (Lipinski definition) is 3. The molecule has 0 aliphatic rings. The predicted molar refractivity (Wildman–Crippen MR) is 112 cm³/mol. The van der Waals surface area contributed by atoms with Crippen LogP contribution in [0.2, 0.25) is 0 Å². The Bertz CT molecular complexity index is 743. The van der Waals surface area contributed by atoms with Gasteiger partial charge in [0.05, 0.1) is 11.8 Å². The summed E-state index contributed by atoms with van der Waals surface area (Å²) in [5.74, 6) is -1.65. The van der Waals surface area contributed by atoms with Crippen LogP contribution in [-0.2, 0) is 9.59 Å². The number of halogens is 1. The van der Waals surface area contributed by atoms with Gasteiger partial charge in [-0.3, -0.25) is 4.79 Å². The molecule has 0 aromatic heterocycles. The molecule has 0 heterocycles. The van der Waals surface area contributed by atoms with Crippen molar-refractivity contribution in [2.45, 2.75) is 0 Å². The van der Waals surface area contributed by atoms with E-state index in [-0.39, 0.29) is 0 Å². The van der Waals surface area contributed by atoms with E-state index in [0.29, 0.717) is 6.16 Å². The Balaban J connectivity index is 0.000000465. The largest absolute Gasteiger partial charge is 0.549 e. The summed E-state index contributed by atoms with van der Waals surface area (Å²) >= 11 is 4.67. The molecule has 0 bridgehead atoms. The van der Waals surface area contributed by atoms with E-state index in [1.807, 2.05) is 18.2 Å². The molecule has 0 N–H and O–H groups in total. The predicted octanol–water partition coefficient (Wildman–Crippen LogP) is 2.15. The molecule has 0 saturated heterocycles. The molecule has 0 amide bonds. The van der Waals surface area contributed by atoms with Crippen molar-refractivity contribution in [3.05, 3.63) is 91.0 Å². The van der Waals surface area contributed by atoms with Gasteiger partial charge in [-0.25, -0.2) is 0 Å². The average Bonchev–Trinajstić information content (AvgIpc) is 2.74. The SMILES string of the molecule is O=C([O-])CCl.O=CC[P+](c1ccccc1)(c1ccccc1)c1ccccc1. The molecule has 138 valence electrons. The van der Waals surface area contributed by atoms with Gasteiger partial charge in [0.15, 0.2) is 6.29 Å². The highest BCUT2D eigenvalue weighted by Crippen LogP contribution is 2.54. The minimum Gasteiger partial charge on any atom is -0.549 e. The van der Waals surface area contributed by atoms with Gasteiger partial charge in [-0.15, -0.1) is 11.6 Å². The number of carboxylic acid groups (broad SMARTS) is 1. The molecule has 3 nitrogen and oxygen atoms in total. The number of carbonyl (C=O) groups is 2. The van der Waals surface area contributed by atoms with Crippen molar-refractivity contribution >= 4 is 47.0 Å². The van der Waals surface area contributed by atoms with Crippen molar-refractivity contribution < 1.29 is 14.7 Å². The summed E-state index contributed by atoms with van der Waals surface area (Å²) in [6.45, 7) is 0. The quantitative estimate of drug-likeness (QED) is 0.363. The zero-order valence-electron chi connectivity index (χ0n) is 14.7. The maximum Gasteiger partial charge on any atom is 0.158 e. The molecule has 3 aromatic carbocycles. The number of aldehydes is 1. The second kappa shape index (κ2) is 10.6. The molecule has 0 aliphatic heterocycles. The van der Waals surface area contributed by atoms with Gasteiger partial charge < -0.3 is 9.90 Å². The molecule has 0 radical (unpaired) electrons. The Morgan fingerprint density at radius 2 is 1.07 bits per heavy atom. The van der Waals surface area contributed by atoms with E-state index in [9.17, 15) is 4.79 Å². The van der Waals surface area contributed by atoms with Crippen LogP contribution in [0.4, 0.5) is 0 Å².